The van der Waals surface area contributed by atoms with Gasteiger partial charge in [0.05, 0.1) is 12.2 Å². The number of carboxylic acids is 1. The highest BCUT2D eigenvalue weighted by molar-refractivity contribution is 7.13. The largest absolute Gasteiger partial charge is 0.480 e. The van der Waals surface area contributed by atoms with Crippen molar-refractivity contribution in [3.8, 4) is 11.1 Å². The van der Waals surface area contributed by atoms with Crippen LogP contribution >= 0.6 is 11.3 Å². The summed E-state index contributed by atoms with van der Waals surface area (Å²) in [6, 6.07) is 15.3. The molecular formula is C26H27N3O5S. The number of rotatable bonds is 8. The molecule has 1 unspecified atom stereocenters. The number of carbonyl (C=O) groups is 3. The summed E-state index contributed by atoms with van der Waals surface area (Å²) in [5.74, 6) is -1.49. The Bertz CT molecular complexity index is 1230. The fraction of sp³-hybridized carbons (Fsp3) is 0.308. The summed E-state index contributed by atoms with van der Waals surface area (Å²) >= 11 is 1.14. The normalized spacial score (nSPS) is 13.0. The summed E-state index contributed by atoms with van der Waals surface area (Å²) in [5.41, 5.74) is 5.09. The fourth-order valence-corrected chi connectivity index (χ4v) is 5.34. The molecule has 2 amide bonds. The van der Waals surface area contributed by atoms with Crippen molar-refractivity contribution >= 4 is 29.3 Å². The average Bonchev–Trinajstić information content (AvgIpc) is 3.39. The second-order valence-electron chi connectivity index (χ2n) is 8.31. The Balaban J connectivity index is 1.37. The number of hydrogen-bond donors (Lipinski definition) is 2. The van der Waals surface area contributed by atoms with Crippen molar-refractivity contribution in [3.63, 3.8) is 0 Å². The van der Waals surface area contributed by atoms with E-state index in [4.69, 9.17) is 4.74 Å². The summed E-state index contributed by atoms with van der Waals surface area (Å²) in [6.45, 7) is 5.47. The first kappa shape index (κ1) is 24.4. The van der Waals surface area contributed by atoms with Gasteiger partial charge in [0.15, 0.2) is 0 Å². The third-order valence-electron chi connectivity index (χ3n) is 6.19. The summed E-state index contributed by atoms with van der Waals surface area (Å²) in [7, 11) is 0. The molecule has 1 atom stereocenters. The number of alkyl carbamates (subject to hydrolysis) is 1. The van der Waals surface area contributed by atoms with Gasteiger partial charge in [-0.2, -0.15) is 0 Å². The van der Waals surface area contributed by atoms with Crippen molar-refractivity contribution in [1.82, 2.24) is 15.2 Å². The molecule has 1 aliphatic carbocycles. The standard InChI is InChI=1S/C26H27N3O5S/c1-4-29(16(3)25(31)32)24(30)23-15(2)28-22(35-23)13-27-26(33)34-14-21-19-11-7-5-9-17(19)18-10-6-8-12-20(18)21/h5-12,16,21H,4,13-14H2,1-3H3,(H,27,33)(H,31,32). The van der Waals surface area contributed by atoms with Crippen LogP contribution in [-0.4, -0.2) is 52.2 Å². The number of ether oxygens (including phenoxy) is 1. The SMILES string of the molecule is CCN(C(=O)c1sc(CNC(=O)OCC2c3ccccc3-c3ccccc32)nc1C)C(C)C(=O)O. The maximum Gasteiger partial charge on any atom is 0.407 e. The maximum absolute atomic E-state index is 12.9. The molecule has 35 heavy (non-hydrogen) atoms. The Morgan fingerprint density at radius 1 is 1.11 bits per heavy atom. The number of nitrogens with zero attached hydrogens (tertiary/aromatic N) is 2. The van der Waals surface area contributed by atoms with E-state index >= 15 is 0 Å². The van der Waals surface area contributed by atoms with Crippen molar-refractivity contribution in [2.24, 2.45) is 0 Å². The van der Waals surface area contributed by atoms with E-state index in [0.717, 1.165) is 33.6 Å². The van der Waals surface area contributed by atoms with Gasteiger partial charge in [-0.1, -0.05) is 48.5 Å². The maximum atomic E-state index is 12.9. The fourth-order valence-electron chi connectivity index (χ4n) is 4.38. The molecule has 8 nitrogen and oxygen atoms in total. The van der Waals surface area contributed by atoms with E-state index in [1.807, 2.05) is 24.3 Å². The number of carbonyl (C=O) groups excluding carboxylic acids is 2. The minimum Gasteiger partial charge on any atom is -0.480 e. The number of aryl methyl sites for hydroxylation is 1. The smallest absolute Gasteiger partial charge is 0.407 e. The zero-order valence-corrected chi connectivity index (χ0v) is 20.6. The molecule has 2 aromatic carbocycles. The molecule has 3 aromatic rings. The van der Waals surface area contributed by atoms with Gasteiger partial charge in [-0.3, -0.25) is 4.79 Å². The number of amides is 2. The third-order valence-corrected chi connectivity index (χ3v) is 7.33. The molecule has 0 saturated heterocycles. The first-order valence-corrected chi connectivity index (χ1v) is 12.2. The topological polar surface area (TPSA) is 109 Å². The molecule has 0 fully saturated rings. The van der Waals surface area contributed by atoms with Gasteiger partial charge in [0, 0.05) is 12.5 Å². The number of carboxylic acid groups (broad SMARTS) is 1. The minimum atomic E-state index is -1.07. The Morgan fingerprint density at radius 2 is 1.71 bits per heavy atom. The zero-order chi connectivity index (χ0) is 25.1. The minimum absolute atomic E-state index is 0.0317. The van der Waals surface area contributed by atoms with Crippen molar-refractivity contribution < 1.29 is 24.2 Å². The molecule has 0 aliphatic heterocycles. The monoisotopic (exact) mass is 493 g/mol. The van der Waals surface area contributed by atoms with Gasteiger partial charge in [-0.05, 0) is 43.0 Å². The van der Waals surface area contributed by atoms with Crippen molar-refractivity contribution in [2.45, 2.75) is 39.3 Å². The lowest BCUT2D eigenvalue weighted by atomic mass is 9.98. The van der Waals surface area contributed by atoms with E-state index in [1.165, 1.54) is 11.8 Å². The number of thiazole rings is 1. The van der Waals surface area contributed by atoms with E-state index < -0.39 is 18.1 Å². The van der Waals surface area contributed by atoms with Gasteiger partial charge >= 0.3 is 12.1 Å². The Hall–Kier alpha value is -3.72. The van der Waals surface area contributed by atoms with E-state index in [1.54, 1.807) is 13.8 Å². The first-order chi connectivity index (χ1) is 16.8. The lowest BCUT2D eigenvalue weighted by Crippen LogP contribution is -2.43. The number of nitrogens with one attached hydrogen (secondary N) is 1. The molecule has 1 heterocycles. The summed E-state index contributed by atoms with van der Waals surface area (Å²) < 4.78 is 5.55. The third kappa shape index (κ3) is 4.90. The van der Waals surface area contributed by atoms with Crippen LogP contribution in [0.25, 0.3) is 11.1 Å². The number of fused-ring (bicyclic) bond motifs is 3. The Kier molecular flexibility index (Phi) is 7.16. The molecule has 1 aliphatic rings. The molecule has 182 valence electrons. The number of aromatic nitrogens is 1. The predicted molar refractivity (Wildman–Crippen MR) is 133 cm³/mol. The number of aliphatic carboxylic acids is 1. The highest BCUT2D eigenvalue weighted by Gasteiger charge is 2.30. The van der Waals surface area contributed by atoms with Crippen LogP contribution in [0.5, 0.6) is 0 Å². The first-order valence-electron chi connectivity index (χ1n) is 11.4. The predicted octanol–water partition coefficient (Wildman–Crippen LogP) is 4.43. The second-order valence-corrected chi connectivity index (χ2v) is 9.39. The summed E-state index contributed by atoms with van der Waals surface area (Å²) in [5, 5.41) is 12.5. The average molecular weight is 494 g/mol. The van der Waals surface area contributed by atoms with Crippen LogP contribution in [0.1, 0.15) is 51.3 Å². The molecule has 0 bridgehead atoms. The van der Waals surface area contributed by atoms with Crippen LogP contribution in [0, 0.1) is 6.92 Å². The number of benzene rings is 2. The lowest BCUT2D eigenvalue weighted by molar-refractivity contribution is -0.141. The summed E-state index contributed by atoms with van der Waals surface area (Å²) in [4.78, 5) is 42.7. The molecule has 4 rings (SSSR count). The molecule has 1 aromatic heterocycles. The molecule has 0 saturated carbocycles. The molecule has 2 N–H and O–H groups in total. The van der Waals surface area contributed by atoms with E-state index in [2.05, 4.69) is 34.6 Å². The number of hydrogen-bond acceptors (Lipinski definition) is 6. The molecular weight excluding hydrogens is 466 g/mol. The summed E-state index contributed by atoms with van der Waals surface area (Å²) in [6.07, 6.45) is -0.567. The van der Waals surface area contributed by atoms with Gasteiger partial charge in [-0.15, -0.1) is 11.3 Å². The van der Waals surface area contributed by atoms with Crippen molar-refractivity contribution in [1.29, 1.82) is 0 Å². The molecule has 9 heteroatoms. The van der Waals surface area contributed by atoms with E-state index in [0.29, 0.717) is 15.6 Å². The van der Waals surface area contributed by atoms with Crippen LogP contribution in [0.4, 0.5) is 4.79 Å². The second kappa shape index (κ2) is 10.3. The lowest BCUT2D eigenvalue weighted by Gasteiger charge is -2.24. The molecule has 0 spiro atoms. The highest BCUT2D eigenvalue weighted by Crippen LogP contribution is 2.44. The van der Waals surface area contributed by atoms with Crippen LogP contribution in [0.15, 0.2) is 48.5 Å². The van der Waals surface area contributed by atoms with Gasteiger partial charge < -0.3 is 20.1 Å². The van der Waals surface area contributed by atoms with E-state index in [-0.39, 0.29) is 31.5 Å². The van der Waals surface area contributed by atoms with Crippen molar-refractivity contribution in [2.75, 3.05) is 13.2 Å². The van der Waals surface area contributed by atoms with Crippen LogP contribution < -0.4 is 5.32 Å². The highest BCUT2D eigenvalue weighted by atomic mass is 32.1. The van der Waals surface area contributed by atoms with Crippen LogP contribution in [-0.2, 0) is 16.1 Å². The number of likely N-dealkylation sites (N-methyl/N-ethyl adjacent to an activating group) is 1. The van der Waals surface area contributed by atoms with Crippen molar-refractivity contribution in [3.05, 3.63) is 75.2 Å². The Labute approximate surface area is 207 Å². The molecule has 0 radical (unpaired) electrons. The van der Waals surface area contributed by atoms with Gasteiger partial charge in [0.25, 0.3) is 5.91 Å². The van der Waals surface area contributed by atoms with Gasteiger partial charge in [0.1, 0.15) is 22.5 Å². The quantitative estimate of drug-likeness (QED) is 0.481. The Morgan fingerprint density at radius 3 is 2.29 bits per heavy atom. The van der Waals surface area contributed by atoms with Gasteiger partial charge in [-0.25, -0.2) is 14.6 Å². The van der Waals surface area contributed by atoms with Gasteiger partial charge in [0.2, 0.25) is 0 Å². The zero-order valence-electron chi connectivity index (χ0n) is 19.8. The van der Waals surface area contributed by atoms with Crippen LogP contribution in [0.3, 0.4) is 0 Å². The van der Waals surface area contributed by atoms with E-state index in [9.17, 15) is 19.5 Å². The van der Waals surface area contributed by atoms with Crippen LogP contribution in [0.2, 0.25) is 0 Å².